The Bertz CT molecular complexity index is 1190. The van der Waals surface area contributed by atoms with E-state index in [4.69, 9.17) is 9.26 Å². The Morgan fingerprint density at radius 3 is 2.54 bits per heavy atom. The van der Waals surface area contributed by atoms with E-state index in [0.29, 0.717) is 42.6 Å². The van der Waals surface area contributed by atoms with Crippen LogP contribution in [0, 0.1) is 5.82 Å². The largest absolute Gasteiger partial charge is 0.379 e. The molecule has 9 heteroatoms. The zero-order valence-electron chi connectivity index (χ0n) is 20.2. The highest BCUT2D eigenvalue weighted by Crippen LogP contribution is 2.37. The van der Waals surface area contributed by atoms with Crippen molar-refractivity contribution >= 4 is 23.4 Å². The third-order valence-corrected chi connectivity index (χ3v) is 6.53. The minimum atomic E-state index is -0.557. The van der Waals surface area contributed by atoms with Gasteiger partial charge in [-0.1, -0.05) is 17.3 Å². The van der Waals surface area contributed by atoms with Gasteiger partial charge in [0, 0.05) is 29.3 Å². The van der Waals surface area contributed by atoms with E-state index in [-0.39, 0.29) is 18.0 Å². The molecular formula is C26H29FN4O3S. The van der Waals surface area contributed by atoms with Gasteiger partial charge in [-0.2, -0.15) is 4.98 Å². The van der Waals surface area contributed by atoms with Gasteiger partial charge in [0.25, 0.3) is 5.89 Å². The third-order valence-electron chi connectivity index (χ3n) is 5.78. The number of carbonyl (C=O) groups is 1. The van der Waals surface area contributed by atoms with Gasteiger partial charge in [0.05, 0.1) is 17.7 Å². The first-order chi connectivity index (χ1) is 16.9. The van der Waals surface area contributed by atoms with Crippen LogP contribution in [0.2, 0.25) is 0 Å². The smallest absolute Gasteiger partial charge is 0.322 e. The van der Waals surface area contributed by atoms with Crippen LogP contribution in [-0.2, 0) is 4.74 Å². The highest BCUT2D eigenvalue weighted by atomic mass is 32.2. The van der Waals surface area contributed by atoms with Gasteiger partial charge >= 0.3 is 6.03 Å². The molecule has 35 heavy (non-hydrogen) atoms. The zero-order valence-corrected chi connectivity index (χ0v) is 21.1. The Balaban J connectivity index is 1.69. The van der Waals surface area contributed by atoms with Crippen molar-refractivity contribution in [1.82, 2.24) is 20.4 Å². The summed E-state index contributed by atoms with van der Waals surface area (Å²) >= 11 is 1.66. The summed E-state index contributed by atoms with van der Waals surface area (Å²) in [7, 11) is 0. The molecular weight excluding hydrogens is 467 g/mol. The number of nitrogens with zero attached hydrogens (tertiary/aromatic N) is 3. The summed E-state index contributed by atoms with van der Waals surface area (Å²) in [4.78, 5) is 20.5. The fourth-order valence-electron chi connectivity index (χ4n) is 3.96. The monoisotopic (exact) mass is 496 g/mol. The summed E-state index contributed by atoms with van der Waals surface area (Å²) in [5, 5.41) is 7.22. The van der Waals surface area contributed by atoms with Crippen LogP contribution in [0.15, 0.2) is 63.6 Å². The number of nitrogens with one attached hydrogen (secondary N) is 1. The fraction of sp³-hybridized carbons (Fsp3) is 0.346. The molecule has 1 N–H and O–H groups in total. The number of halogens is 1. The maximum atomic E-state index is 13.6. The molecule has 184 valence electrons. The molecule has 1 aliphatic heterocycles. The molecule has 1 atom stereocenters. The average molecular weight is 497 g/mol. The van der Waals surface area contributed by atoms with E-state index in [2.05, 4.69) is 15.5 Å². The molecule has 3 aromatic rings. The first kappa shape index (κ1) is 24.9. The number of hydrogen-bond donors (Lipinski definition) is 1. The van der Waals surface area contributed by atoms with Crippen LogP contribution >= 0.6 is 11.8 Å². The van der Waals surface area contributed by atoms with E-state index in [1.165, 1.54) is 12.1 Å². The molecule has 0 saturated heterocycles. The van der Waals surface area contributed by atoms with Crippen LogP contribution in [0.1, 0.15) is 44.7 Å². The second-order valence-corrected chi connectivity index (χ2v) is 9.39. The van der Waals surface area contributed by atoms with Crippen LogP contribution in [0.5, 0.6) is 0 Å². The van der Waals surface area contributed by atoms with E-state index < -0.39 is 6.04 Å². The van der Waals surface area contributed by atoms with Crippen molar-refractivity contribution in [3.63, 3.8) is 0 Å². The summed E-state index contributed by atoms with van der Waals surface area (Å²) in [6.45, 7) is 6.84. The van der Waals surface area contributed by atoms with Gasteiger partial charge in [0.2, 0.25) is 5.82 Å². The molecule has 1 unspecified atom stereocenters. The molecule has 4 rings (SSSR count). The Kier molecular flexibility index (Phi) is 7.87. The van der Waals surface area contributed by atoms with Crippen LogP contribution in [0.3, 0.4) is 0 Å². The fourth-order valence-corrected chi connectivity index (χ4v) is 4.37. The Morgan fingerprint density at radius 1 is 1.17 bits per heavy atom. The number of hydrogen-bond acceptors (Lipinski definition) is 6. The van der Waals surface area contributed by atoms with E-state index >= 15 is 0 Å². The maximum Gasteiger partial charge on any atom is 0.322 e. The number of amides is 2. The summed E-state index contributed by atoms with van der Waals surface area (Å²) < 4.78 is 24.9. The Morgan fingerprint density at radius 2 is 1.89 bits per heavy atom. The number of ether oxygens (including phenoxy) is 1. The molecule has 0 bridgehead atoms. The molecule has 1 aromatic heterocycles. The molecule has 1 aliphatic rings. The van der Waals surface area contributed by atoms with E-state index in [0.717, 1.165) is 16.0 Å². The standard InChI is InChI=1S/C26H29FN4O3S/c1-16(2)33-15-5-14-31-17(3)22(23(28-26(31)32)18-6-10-20(27)11-7-18)25-29-24(30-34-25)19-8-12-21(35-4)13-9-19/h6-13,16,23H,5,14-15H2,1-4H3,(H,28,32). The van der Waals surface area contributed by atoms with Crippen molar-refractivity contribution in [2.24, 2.45) is 0 Å². The van der Waals surface area contributed by atoms with Crippen molar-refractivity contribution in [2.75, 3.05) is 19.4 Å². The number of allylic oxidation sites excluding steroid dienone is 1. The van der Waals surface area contributed by atoms with Gasteiger partial charge < -0.3 is 14.6 Å². The summed E-state index contributed by atoms with van der Waals surface area (Å²) in [6.07, 6.45) is 2.82. The normalized spacial score (nSPS) is 16.2. The summed E-state index contributed by atoms with van der Waals surface area (Å²) in [6, 6.07) is 13.2. The van der Waals surface area contributed by atoms with Gasteiger partial charge in [-0.3, -0.25) is 4.90 Å². The predicted octanol–water partition coefficient (Wildman–Crippen LogP) is 5.91. The minimum absolute atomic E-state index is 0.127. The lowest BCUT2D eigenvalue weighted by Gasteiger charge is -2.35. The number of rotatable bonds is 9. The molecule has 0 fully saturated rings. The minimum Gasteiger partial charge on any atom is -0.379 e. The van der Waals surface area contributed by atoms with Crippen molar-refractivity contribution in [3.8, 4) is 11.4 Å². The number of carbonyl (C=O) groups excluding carboxylic acids is 1. The van der Waals surface area contributed by atoms with Crippen molar-refractivity contribution < 1.29 is 18.4 Å². The summed E-state index contributed by atoms with van der Waals surface area (Å²) in [5.74, 6) is 0.419. The van der Waals surface area contributed by atoms with Gasteiger partial charge in [-0.15, -0.1) is 11.8 Å². The first-order valence-corrected chi connectivity index (χ1v) is 12.7. The second-order valence-electron chi connectivity index (χ2n) is 8.51. The molecule has 7 nitrogen and oxygen atoms in total. The maximum absolute atomic E-state index is 13.6. The van der Waals surface area contributed by atoms with Gasteiger partial charge in [-0.25, -0.2) is 9.18 Å². The van der Waals surface area contributed by atoms with Crippen LogP contribution in [0.25, 0.3) is 17.0 Å². The van der Waals surface area contributed by atoms with E-state index in [9.17, 15) is 9.18 Å². The number of benzene rings is 2. The van der Waals surface area contributed by atoms with E-state index in [1.807, 2.05) is 51.3 Å². The average Bonchev–Trinajstić information content (AvgIpc) is 3.33. The first-order valence-electron chi connectivity index (χ1n) is 11.5. The molecule has 0 spiro atoms. The lowest BCUT2D eigenvalue weighted by Crippen LogP contribution is -2.46. The summed E-state index contributed by atoms with van der Waals surface area (Å²) in [5.41, 5.74) is 2.94. The molecule has 2 heterocycles. The van der Waals surface area contributed by atoms with Crippen molar-refractivity contribution in [3.05, 3.63) is 71.5 Å². The van der Waals surface area contributed by atoms with Crippen molar-refractivity contribution in [1.29, 1.82) is 0 Å². The van der Waals surface area contributed by atoms with Gasteiger partial charge in [0.15, 0.2) is 0 Å². The highest BCUT2D eigenvalue weighted by molar-refractivity contribution is 7.98. The van der Waals surface area contributed by atoms with Gasteiger partial charge in [-0.05, 0) is 75.4 Å². The molecule has 0 saturated carbocycles. The SMILES string of the molecule is CSc1ccc(-c2noc(C3=C(C)N(CCCOC(C)C)C(=O)NC3c3ccc(F)cc3)n2)cc1. The van der Waals surface area contributed by atoms with Crippen molar-refractivity contribution in [2.45, 2.75) is 44.2 Å². The van der Waals surface area contributed by atoms with Crippen LogP contribution < -0.4 is 5.32 Å². The number of thioether (sulfide) groups is 1. The predicted molar refractivity (Wildman–Crippen MR) is 134 cm³/mol. The Labute approximate surface area is 208 Å². The van der Waals surface area contributed by atoms with Crippen LogP contribution in [-0.4, -0.2) is 46.6 Å². The molecule has 2 amide bonds. The second kappa shape index (κ2) is 11.0. The van der Waals surface area contributed by atoms with Gasteiger partial charge in [0.1, 0.15) is 5.82 Å². The number of aromatic nitrogens is 2. The lowest BCUT2D eigenvalue weighted by atomic mass is 9.94. The lowest BCUT2D eigenvalue weighted by molar-refractivity contribution is 0.0736. The third kappa shape index (κ3) is 5.74. The van der Waals surface area contributed by atoms with E-state index in [1.54, 1.807) is 28.8 Å². The molecule has 0 aliphatic carbocycles. The quantitative estimate of drug-likeness (QED) is 0.293. The van der Waals surface area contributed by atoms with Crippen LogP contribution in [0.4, 0.5) is 9.18 Å². The number of urea groups is 1. The molecule has 2 aromatic carbocycles. The topological polar surface area (TPSA) is 80.5 Å². The Hall–Kier alpha value is -3.17. The highest BCUT2D eigenvalue weighted by Gasteiger charge is 2.35. The molecule has 0 radical (unpaired) electrons. The zero-order chi connectivity index (χ0) is 24.9.